The smallest absolute Gasteiger partial charge is 0.251 e. The van der Waals surface area contributed by atoms with Gasteiger partial charge in [0.15, 0.2) is 5.72 Å². The largest absolute Gasteiger partial charge is 0.468 e. The number of primary amides is 1. The molecule has 150 valence electrons. The van der Waals surface area contributed by atoms with Crippen LogP contribution in [-0.2, 0) is 9.59 Å². The molecule has 4 rings (SSSR count). The van der Waals surface area contributed by atoms with Gasteiger partial charge in [-0.1, -0.05) is 18.2 Å². The summed E-state index contributed by atoms with van der Waals surface area (Å²) in [6.07, 6.45) is 3.53. The minimum atomic E-state index is -0.955. The Morgan fingerprint density at radius 2 is 2.00 bits per heavy atom. The van der Waals surface area contributed by atoms with Gasteiger partial charge in [0, 0.05) is 43.4 Å². The average Bonchev–Trinajstić information content (AvgIpc) is 2.70. The highest BCUT2D eigenvalue weighted by atomic mass is 16.5. The Labute approximate surface area is 168 Å². The minimum Gasteiger partial charge on any atom is -0.468 e. The van der Waals surface area contributed by atoms with Crippen molar-refractivity contribution in [1.82, 2.24) is 15.2 Å². The van der Waals surface area contributed by atoms with Crippen LogP contribution in [0.2, 0.25) is 0 Å². The molecule has 2 aliphatic heterocycles. The molecule has 2 bridgehead atoms. The second-order valence-electron chi connectivity index (χ2n) is 7.49. The van der Waals surface area contributed by atoms with Crippen molar-refractivity contribution in [2.75, 3.05) is 13.1 Å². The molecule has 1 fully saturated rings. The van der Waals surface area contributed by atoms with Gasteiger partial charge in [-0.25, -0.2) is 0 Å². The van der Waals surface area contributed by atoms with E-state index in [2.05, 4.69) is 10.3 Å². The monoisotopic (exact) mass is 394 g/mol. The number of rotatable bonds is 5. The van der Waals surface area contributed by atoms with E-state index in [0.717, 1.165) is 5.56 Å². The Morgan fingerprint density at radius 1 is 1.28 bits per heavy atom. The highest BCUT2D eigenvalue weighted by molar-refractivity contribution is 6.02. The molecule has 3 heterocycles. The Bertz CT molecular complexity index is 964. The normalized spacial score (nSPS) is 25.0. The van der Waals surface area contributed by atoms with Crippen LogP contribution in [0.4, 0.5) is 0 Å². The number of aromatic nitrogens is 1. The molecular formula is C21H22N4O4. The summed E-state index contributed by atoms with van der Waals surface area (Å²) >= 11 is 0. The molecule has 2 aromatic rings. The fourth-order valence-corrected chi connectivity index (χ4v) is 4.27. The number of hydrogen-bond donors (Lipinski definition) is 2. The van der Waals surface area contributed by atoms with E-state index < -0.39 is 17.6 Å². The molecule has 8 nitrogen and oxygen atoms in total. The lowest BCUT2D eigenvalue weighted by atomic mass is 9.73. The van der Waals surface area contributed by atoms with Crippen LogP contribution in [0.3, 0.4) is 0 Å². The molecule has 1 aromatic heterocycles. The predicted octanol–water partition coefficient (Wildman–Crippen LogP) is 1.04. The van der Waals surface area contributed by atoms with E-state index in [9.17, 15) is 14.4 Å². The number of carbonyl (C=O) groups excluding carboxylic acids is 3. The third kappa shape index (κ3) is 3.30. The fraction of sp³-hybridized carbons (Fsp3) is 0.333. The molecule has 2 aliphatic rings. The van der Waals surface area contributed by atoms with Crippen LogP contribution in [0, 0.1) is 5.92 Å². The van der Waals surface area contributed by atoms with Crippen LogP contribution in [0.5, 0.6) is 5.75 Å². The Balaban J connectivity index is 1.55. The van der Waals surface area contributed by atoms with E-state index in [4.69, 9.17) is 10.5 Å². The van der Waals surface area contributed by atoms with Crippen LogP contribution in [0.1, 0.15) is 35.2 Å². The SMILES string of the molecule is C[C@@]12C[C@@H](c3ccccc3O1)[C@@H](C(N)=O)C(=O)N2CCNC(=O)c1ccncc1. The van der Waals surface area contributed by atoms with Gasteiger partial charge in [-0.15, -0.1) is 0 Å². The van der Waals surface area contributed by atoms with Crippen molar-refractivity contribution in [2.24, 2.45) is 11.7 Å². The molecule has 0 saturated carbocycles. The highest BCUT2D eigenvalue weighted by Gasteiger charge is 2.55. The van der Waals surface area contributed by atoms with Gasteiger partial charge in [0.2, 0.25) is 11.8 Å². The summed E-state index contributed by atoms with van der Waals surface area (Å²) < 4.78 is 6.18. The first-order valence-electron chi connectivity index (χ1n) is 9.48. The van der Waals surface area contributed by atoms with Gasteiger partial charge < -0.3 is 20.7 Å². The van der Waals surface area contributed by atoms with Crippen molar-refractivity contribution in [3.05, 3.63) is 59.9 Å². The summed E-state index contributed by atoms with van der Waals surface area (Å²) in [7, 11) is 0. The van der Waals surface area contributed by atoms with Crippen LogP contribution >= 0.6 is 0 Å². The maximum atomic E-state index is 13.2. The first kappa shape index (κ1) is 18.9. The average molecular weight is 394 g/mol. The lowest BCUT2D eigenvalue weighted by Crippen LogP contribution is -2.65. The van der Waals surface area contributed by atoms with Gasteiger partial charge in [0.05, 0.1) is 0 Å². The van der Waals surface area contributed by atoms with Crippen molar-refractivity contribution in [2.45, 2.75) is 25.0 Å². The first-order chi connectivity index (χ1) is 13.9. The Hall–Kier alpha value is -3.42. The molecule has 0 unspecified atom stereocenters. The number of para-hydroxylation sites is 1. The van der Waals surface area contributed by atoms with Crippen LogP contribution in [0.15, 0.2) is 48.8 Å². The van der Waals surface area contributed by atoms with Crippen molar-refractivity contribution in [3.63, 3.8) is 0 Å². The number of fused-ring (bicyclic) bond motifs is 4. The summed E-state index contributed by atoms with van der Waals surface area (Å²) in [6, 6.07) is 10.6. The minimum absolute atomic E-state index is 0.199. The van der Waals surface area contributed by atoms with E-state index >= 15 is 0 Å². The van der Waals surface area contributed by atoms with Crippen molar-refractivity contribution in [1.29, 1.82) is 0 Å². The fourth-order valence-electron chi connectivity index (χ4n) is 4.27. The zero-order valence-corrected chi connectivity index (χ0v) is 16.0. The third-order valence-corrected chi connectivity index (χ3v) is 5.62. The third-order valence-electron chi connectivity index (χ3n) is 5.62. The quantitative estimate of drug-likeness (QED) is 0.736. The number of pyridine rings is 1. The molecule has 0 radical (unpaired) electrons. The molecule has 3 amide bonds. The zero-order valence-electron chi connectivity index (χ0n) is 16.0. The maximum absolute atomic E-state index is 13.2. The number of carbonyl (C=O) groups is 3. The van der Waals surface area contributed by atoms with E-state index in [1.54, 1.807) is 12.1 Å². The van der Waals surface area contributed by atoms with Gasteiger partial charge in [-0.2, -0.15) is 0 Å². The molecule has 0 aliphatic carbocycles. The molecule has 3 N–H and O–H groups in total. The predicted molar refractivity (Wildman–Crippen MR) is 104 cm³/mol. The van der Waals surface area contributed by atoms with Gasteiger partial charge in [-0.05, 0) is 30.7 Å². The summed E-state index contributed by atoms with van der Waals surface area (Å²) in [5.41, 5.74) is 6.00. The van der Waals surface area contributed by atoms with Gasteiger partial charge >= 0.3 is 0 Å². The number of nitrogens with two attached hydrogens (primary N) is 1. The number of likely N-dealkylation sites (tertiary alicyclic amines) is 1. The van der Waals surface area contributed by atoms with Crippen LogP contribution < -0.4 is 15.8 Å². The number of nitrogens with one attached hydrogen (secondary N) is 1. The number of piperidine rings is 1. The van der Waals surface area contributed by atoms with Gasteiger partial charge in [0.25, 0.3) is 5.91 Å². The van der Waals surface area contributed by atoms with Crippen molar-refractivity contribution >= 4 is 17.7 Å². The molecule has 1 saturated heterocycles. The zero-order chi connectivity index (χ0) is 20.6. The molecule has 8 heteroatoms. The maximum Gasteiger partial charge on any atom is 0.251 e. The summed E-state index contributed by atoms with van der Waals surface area (Å²) in [5, 5.41) is 2.79. The van der Waals surface area contributed by atoms with Crippen molar-refractivity contribution in [3.8, 4) is 5.75 Å². The lowest BCUT2D eigenvalue weighted by molar-refractivity contribution is -0.175. The molecule has 0 spiro atoms. The molecule has 29 heavy (non-hydrogen) atoms. The topological polar surface area (TPSA) is 115 Å². The second-order valence-corrected chi connectivity index (χ2v) is 7.49. The number of amides is 3. The Kier molecular flexibility index (Phi) is 4.70. The van der Waals surface area contributed by atoms with Gasteiger partial charge in [-0.3, -0.25) is 19.4 Å². The summed E-state index contributed by atoms with van der Waals surface area (Å²) in [6.45, 7) is 2.24. The van der Waals surface area contributed by atoms with E-state index in [0.29, 0.717) is 17.7 Å². The number of hydrogen-bond acceptors (Lipinski definition) is 5. The van der Waals surface area contributed by atoms with Crippen LogP contribution in [0.25, 0.3) is 0 Å². The number of nitrogens with zero attached hydrogens (tertiary/aromatic N) is 2. The second kappa shape index (κ2) is 7.20. The summed E-state index contributed by atoms with van der Waals surface area (Å²) in [5.74, 6) is -1.91. The standard InChI is InChI=1S/C21H22N4O4/c1-21-12-15(14-4-2-3-5-16(14)29-21)17(18(22)26)20(28)25(21)11-10-24-19(27)13-6-8-23-9-7-13/h2-9,15,17H,10-12H2,1H3,(H2,22,26)(H,24,27)/t15-,17-,21-/m0/s1. The highest BCUT2D eigenvalue weighted by Crippen LogP contribution is 2.49. The van der Waals surface area contributed by atoms with E-state index in [1.807, 2.05) is 31.2 Å². The van der Waals surface area contributed by atoms with Gasteiger partial charge in [0.1, 0.15) is 11.7 Å². The van der Waals surface area contributed by atoms with E-state index in [1.165, 1.54) is 17.3 Å². The summed E-state index contributed by atoms with van der Waals surface area (Å²) in [4.78, 5) is 43.0. The van der Waals surface area contributed by atoms with Crippen LogP contribution in [-0.4, -0.2) is 46.4 Å². The Morgan fingerprint density at radius 3 is 2.72 bits per heavy atom. The number of ether oxygens (including phenoxy) is 1. The van der Waals surface area contributed by atoms with Crippen molar-refractivity contribution < 1.29 is 19.1 Å². The first-order valence-corrected chi connectivity index (χ1v) is 9.48. The molecule has 1 aromatic carbocycles. The number of benzene rings is 1. The van der Waals surface area contributed by atoms with E-state index in [-0.39, 0.29) is 30.8 Å². The molecule has 3 atom stereocenters. The lowest BCUT2D eigenvalue weighted by Gasteiger charge is -2.52. The molecular weight excluding hydrogens is 372 g/mol.